The highest BCUT2D eigenvalue weighted by Crippen LogP contribution is 2.38. The molecule has 1 aromatic rings. The number of rotatable bonds is 3. The van der Waals surface area contributed by atoms with Crippen LogP contribution in [-0.2, 0) is 4.79 Å². The summed E-state index contributed by atoms with van der Waals surface area (Å²) in [4.78, 5) is 26.7. The lowest BCUT2D eigenvalue weighted by molar-refractivity contribution is -0.135. The second kappa shape index (κ2) is 6.67. The van der Waals surface area contributed by atoms with Crippen molar-refractivity contribution in [1.82, 2.24) is 10.2 Å². The van der Waals surface area contributed by atoms with Gasteiger partial charge in [-0.15, -0.1) is 12.4 Å². The molecule has 5 nitrogen and oxygen atoms in total. The van der Waals surface area contributed by atoms with Crippen molar-refractivity contribution in [1.29, 1.82) is 0 Å². The number of benzene rings is 1. The number of likely N-dealkylation sites (tertiary alicyclic amines) is 1. The van der Waals surface area contributed by atoms with E-state index >= 15 is 0 Å². The number of nitrogens with two attached hydrogens (primary N) is 1. The Labute approximate surface area is 136 Å². The van der Waals surface area contributed by atoms with Crippen molar-refractivity contribution in [2.75, 3.05) is 13.1 Å². The largest absolute Gasteiger partial charge is 0.339 e. The van der Waals surface area contributed by atoms with Crippen molar-refractivity contribution in [3.8, 4) is 0 Å². The normalized spacial score (nSPS) is 22.4. The van der Waals surface area contributed by atoms with Gasteiger partial charge >= 0.3 is 0 Å². The molecule has 120 valence electrons. The Kier molecular flexibility index (Phi) is 5.08. The lowest BCUT2D eigenvalue weighted by Gasteiger charge is -2.33. The number of piperidine rings is 1. The summed E-state index contributed by atoms with van der Waals surface area (Å²) in [6, 6.07) is 9.08. The standard InChI is InChI=1S/C16H21N3O2.ClH/c17-13-7-4-10-19(11-13)15(21)16(8-9-16)18-14(20)12-5-2-1-3-6-12;/h1-3,5-6,13H,4,7-11,17H2,(H,18,20);1H/t13-;/m1./s1. The molecule has 2 aliphatic rings. The Morgan fingerprint density at radius 1 is 1.23 bits per heavy atom. The summed E-state index contributed by atoms with van der Waals surface area (Å²) < 4.78 is 0. The minimum atomic E-state index is -0.690. The van der Waals surface area contributed by atoms with Gasteiger partial charge in [-0.2, -0.15) is 0 Å². The molecule has 1 aliphatic heterocycles. The Bertz CT molecular complexity index is 546. The predicted molar refractivity (Wildman–Crippen MR) is 86.9 cm³/mol. The molecule has 0 aromatic heterocycles. The second-order valence-electron chi connectivity index (χ2n) is 6.06. The monoisotopic (exact) mass is 323 g/mol. The fourth-order valence-corrected chi connectivity index (χ4v) is 2.89. The van der Waals surface area contributed by atoms with Gasteiger partial charge in [0.1, 0.15) is 5.54 Å². The third kappa shape index (κ3) is 3.42. The highest BCUT2D eigenvalue weighted by molar-refractivity contribution is 6.00. The zero-order valence-corrected chi connectivity index (χ0v) is 13.3. The van der Waals surface area contributed by atoms with Crippen LogP contribution in [0.15, 0.2) is 30.3 Å². The Morgan fingerprint density at radius 3 is 2.50 bits per heavy atom. The van der Waals surface area contributed by atoms with E-state index in [1.807, 2.05) is 23.1 Å². The second-order valence-corrected chi connectivity index (χ2v) is 6.06. The van der Waals surface area contributed by atoms with Crippen molar-refractivity contribution < 1.29 is 9.59 Å². The van der Waals surface area contributed by atoms with E-state index in [1.165, 1.54) is 0 Å². The molecule has 1 saturated carbocycles. The smallest absolute Gasteiger partial charge is 0.252 e. The van der Waals surface area contributed by atoms with Crippen LogP contribution in [0.2, 0.25) is 0 Å². The van der Waals surface area contributed by atoms with Crippen LogP contribution in [0.4, 0.5) is 0 Å². The third-order valence-corrected chi connectivity index (χ3v) is 4.29. The molecule has 22 heavy (non-hydrogen) atoms. The van der Waals surface area contributed by atoms with E-state index in [0.717, 1.165) is 32.2 Å². The molecule has 0 unspecified atom stereocenters. The molecule has 1 aromatic carbocycles. The predicted octanol–water partition coefficient (Wildman–Crippen LogP) is 1.32. The zero-order valence-electron chi connectivity index (χ0n) is 12.5. The van der Waals surface area contributed by atoms with E-state index in [4.69, 9.17) is 5.73 Å². The summed E-state index contributed by atoms with van der Waals surface area (Å²) in [6.45, 7) is 1.34. The maximum atomic E-state index is 12.7. The summed E-state index contributed by atoms with van der Waals surface area (Å²) >= 11 is 0. The van der Waals surface area contributed by atoms with E-state index in [2.05, 4.69) is 5.32 Å². The van der Waals surface area contributed by atoms with Crippen LogP contribution in [0.3, 0.4) is 0 Å². The highest BCUT2D eigenvalue weighted by Gasteiger charge is 2.53. The lowest BCUT2D eigenvalue weighted by atomic mass is 10.0. The molecule has 6 heteroatoms. The highest BCUT2D eigenvalue weighted by atomic mass is 35.5. The molecule has 0 bridgehead atoms. The number of nitrogens with zero attached hydrogens (tertiary/aromatic N) is 1. The molecule has 1 aliphatic carbocycles. The lowest BCUT2D eigenvalue weighted by Crippen LogP contribution is -2.55. The molecule has 0 radical (unpaired) electrons. The Hall–Kier alpha value is -1.59. The van der Waals surface area contributed by atoms with E-state index in [9.17, 15) is 9.59 Å². The van der Waals surface area contributed by atoms with Gasteiger partial charge in [-0.25, -0.2) is 0 Å². The summed E-state index contributed by atoms with van der Waals surface area (Å²) in [7, 11) is 0. The first-order chi connectivity index (χ1) is 10.1. The fourth-order valence-electron chi connectivity index (χ4n) is 2.89. The van der Waals surface area contributed by atoms with Crippen LogP contribution in [0.5, 0.6) is 0 Å². The number of carbonyl (C=O) groups is 2. The minimum absolute atomic E-state index is 0. The fraction of sp³-hybridized carbons (Fsp3) is 0.500. The number of hydrogen-bond donors (Lipinski definition) is 2. The maximum absolute atomic E-state index is 12.7. The number of hydrogen-bond acceptors (Lipinski definition) is 3. The Balaban J connectivity index is 0.00000176. The molecule has 1 atom stereocenters. The van der Waals surface area contributed by atoms with Gasteiger partial charge in [0, 0.05) is 24.7 Å². The quantitative estimate of drug-likeness (QED) is 0.881. The van der Waals surface area contributed by atoms with Crippen molar-refractivity contribution in [3.05, 3.63) is 35.9 Å². The average molecular weight is 324 g/mol. The summed E-state index contributed by atoms with van der Waals surface area (Å²) in [5.74, 6) is -0.148. The van der Waals surface area contributed by atoms with Crippen LogP contribution < -0.4 is 11.1 Å². The van der Waals surface area contributed by atoms with Gasteiger partial charge in [0.25, 0.3) is 5.91 Å². The van der Waals surface area contributed by atoms with Gasteiger partial charge in [-0.05, 0) is 37.8 Å². The number of halogens is 1. The summed E-state index contributed by atoms with van der Waals surface area (Å²) in [5.41, 5.74) is 5.84. The van der Waals surface area contributed by atoms with Gasteiger partial charge in [0.15, 0.2) is 0 Å². The minimum Gasteiger partial charge on any atom is -0.339 e. The average Bonchev–Trinajstić information content (AvgIpc) is 3.28. The topological polar surface area (TPSA) is 75.4 Å². The molecule has 1 saturated heterocycles. The molecule has 0 spiro atoms. The maximum Gasteiger partial charge on any atom is 0.252 e. The first kappa shape index (κ1) is 16.8. The zero-order chi connectivity index (χ0) is 14.9. The molecule has 2 fully saturated rings. The van der Waals surface area contributed by atoms with Crippen molar-refractivity contribution >= 4 is 24.2 Å². The number of nitrogens with one attached hydrogen (secondary N) is 1. The van der Waals surface area contributed by atoms with Crippen LogP contribution in [0.1, 0.15) is 36.0 Å². The molecular formula is C16H22ClN3O2. The van der Waals surface area contributed by atoms with E-state index in [1.54, 1.807) is 12.1 Å². The van der Waals surface area contributed by atoms with Gasteiger partial charge in [0.2, 0.25) is 5.91 Å². The SMILES string of the molecule is Cl.N[C@@H]1CCCN(C(=O)C2(NC(=O)c3ccccc3)CC2)C1. The van der Waals surface area contributed by atoms with Crippen LogP contribution in [-0.4, -0.2) is 41.4 Å². The van der Waals surface area contributed by atoms with Gasteiger partial charge in [0.05, 0.1) is 0 Å². The number of carbonyl (C=O) groups excluding carboxylic acids is 2. The Morgan fingerprint density at radius 2 is 1.91 bits per heavy atom. The van der Waals surface area contributed by atoms with Gasteiger partial charge < -0.3 is 16.0 Å². The van der Waals surface area contributed by atoms with Crippen LogP contribution in [0, 0.1) is 0 Å². The van der Waals surface area contributed by atoms with Crippen LogP contribution in [0.25, 0.3) is 0 Å². The van der Waals surface area contributed by atoms with E-state index in [-0.39, 0.29) is 30.3 Å². The van der Waals surface area contributed by atoms with Gasteiger partial charge in [-0.3, -0.25) is 9.59 Å². The van der Waals surface area contributed by atoms with Crippen molar-refractivity contribution in [2.45, 2.75) is 37.3 Å². The molecule has 3 rings (SSSR count). The summed E-state index contributed by atoms with van der Waals surface area (Å²) in [5, 5.41) is 2.92. The first-order valence-corrected chi connectivity index (χ1v) is 7.53. The first-order valence-electron chi connectivity index (χ1n) is 7.53. The van der Waals surface area contributed by atoms with E-state index < -0.39 is 5.54 Å². The van der Waals surface area contributed by atoms with Crippen LogP contribution >= 0.6 is 12.4 Å². The number of amides is 2. The van der Waals surface area contributed by atoms with Crippen molar-refractivity contribution in [3.63, 3.8) is 0 Å². The third-order valence-electron chi connectivity index (χ3n) is 4.29. The molecule has 2 amide bonds. The molecule has 3 N–H and O–H groups in total. The molecular weight excluding hydrogens is 302 g/mol. The van der Waals surface area contributed by atoms with Gasteiger partial charge in [-0.1, -0.05) is 18.2 Å². The summed E-state index contributed by atoms with van der Waals surface area (Å²) in [6.07, 6.45) is 3.34. The molecule has 1 heterocycles. The van der Waals surface area contributed by atoms with Crippen molar-refractivity contribution in [2.24, 2.45) is 5.73 Å². The van der Waals surface area contributed by atoms with E-state index in [0.29, 0.717) is 12.1 Å².